The molecular formula is C25H27FN2O6. The van der Waals surface area contributed by atoms with E-state index in [-0.39, 0.29) is 23.4 Å². The summed E-state index contributed by atoms with van der Waals surface area (Å²) >= 11 is 0. The van der Waals surface area contributed by atoms with E-state index in [1.165, 1.54) is 43.4 Å². The Bertz CT molecular complexity index is 1100. The van der Waals surface area contributed by atoms with Crippen molar-refractivity contribution in [2.24, 2.45) is 0 Å². The summed E-state index contributed by atoms with van der Waals surface area (Å²) in [6.45, 7) is 3.47. The Morgan fingerprint density at radius 1 is 1.06 bits per heavy atom. The van der Waals surface area contributed by atoms with E-state index < -0.39 is 23.5 Å². The van der Waals surface area contributed by atoms with Crippen molar-refractivity contribution in [3.05, 3.63) is 65.0 Å². The van der Waals surface area contributed by atoms with Crippen LogP contribution in [0.4, 0.5) is 4.39 Å². The van der Waals surface area contributed by atoms with Crippen molar-refractivity contribution in [2.45, 2.75) is 6.04 Å². The van der Waals surface area contributed by atoms with Gasteiger partial charge in [0, 0.05) is 37.3 Å². The number of rotatable bonds is 7. The second kappa shape index (κ2) is 10.2. The summed E-state index contributed by atoms with van der Waals surface area (Å²) in [5.74, 6) is -1.42. The molecule has 0 spiro atoms. The number of morpholine rings is 1. The highest BCUT2D eigenvalue weighted by Crippen LogP contribution is 2.43. The highest BCUT2D eigenvalue weighted by molar-refractivity contribution is 6.46. The van der Waals surface area contributed by atoms with E-state index in [1.54, 1.807) is 18.2 Å². The van der Waals surface area contributed by atoms with Gasteiger partial charge in [0.05, 0.1) is 39.0 Å². The number of halogens is 1. The van der Waals surface area contributed by atoms with Gasteiger partial charge in [-0.1, -0.05) is 0 Å². The van der Waals surface area contributed by atoms with Crippen LogP contribution in [-0.2, 0) is 14.3 Å². The first kappa shape index (κ1) is 23.7. The molecule has 2 aromatic carbocycles. The lowest BCUT2D eigenvalue weighted by atomic mass is 9.94. The molecule has 2 fully saturated rings. The van der Waals surface area contributed by atoms with Gasteiger partial charge in [0.25, 0.3) is 11.7 Å². The average molecular weight is 470 g/mol. The number of hydrogen-bond donors (Lipinski definition) is 1. The van der Waals surface area contributed by atoms with Gasteiger partial charge in [-0.05, 0) is 42.5 Å². The van der Waals surface area contributed by atoms with Crippen molar-refractivity contribution >= 4 is 17.4 Å². The molecule has 9 heteroatoms. The van der Waals surface area contributed by atoms with Crippen LogP contribution in [0.15, 0.2) is 48.0 Å². The molecule has 0 radical (unpaired) electrons. The topological polar surface area (TPSA) is 88.5 Å². The number of carbonyl (C=O) groups is 2. The van der Waals surface area contributed by atoms with E-state index in [0.717, 1.165) is 13.1 Å². The molecule has 34 heavy (non-hydrogen) atoms. The summed E-state index contributed by atoms with van der Waals surface area (Å²) in [4.78, 5) is 30.0. The monoisotopic (exact) mass is 470 g/mol. The lowest BCUT2D eigenvalue weighted by Gasteiger charge is -2.31. The zero-order chi connectivity index (χ0) is 24.2. The van der Waals surface area contributed by atoms with Crippen molar-refractivity contribution < 1.29 is 33.3 Å². The fourth-order valence-corrected chi connectivity index (χ4v) is 4.32. The quantitative estimate of drug-likeness (QED) is 0.378. The van der Waals surface area contributed by atoms with Gasteiger partial charge in [-0.2, -0.15) is 0 Å². The molecule has 0 saturated carbocycles. The Hall–Kier alpha value is -3.43. The molecule has 2 aliphatic rings. The minimum atomic E-state index is -0.906. The van der Waals surface area contributed by atoms with E-state index in [9.17, 15) is 19.1 Å². The van der Waals surface area contributed by atoms with Gasteiger partial charge in [0.15, 0.2) is 0 Å². The maximum Gasteiger partial charge on any atom is 0.295 e. The van der Waals surface area contributed by atoms with Gasteiger partial charge in [-0.25, -0.2) is 4.39 Å². The van der Waals surface area contributed by atoms with Crippen LogP contribution in [0.3, 0.4) is 0 Å². The first-order chi connectivity index (χ1) is 16.4. The summed E-state index contributed by atoms with van der Waals surface area (Å²) in [5.41, 5.74) is 0.663. The minimum Gasteiger partial charge on any atom is -0.507 e. The Balaban J connectivity index is 1.81. The molecule has 1 atom stereocenters. The number of benzene rings is 2. The number of ketones is 1. The van der Waals surface area contributed by atoms with Crippen LogP contribution in [0.1, 0.15) is 17.2 Å². The zero-order valence-electron chi connectivity index (χ0n) is 19.1. The van der Waals surface area contributed by atoms with Crippen LogP contribution < -0.4 is 9.47 Å². The predicted octanol–water partition coefficient (Wildman–Crippen LogP) is 2.60. The predicted molar refractivity (Wildman–Crippen MR) is 122 cm³/mol. The number of nitrogens with zero attached hydrogens (tertiary/aromatic N) is 2. The fraction of sp³-hybridized carbons (Fsp3) is 0.360. The molecule has 1 N–H and O–H groups in total. The molecule has 180 valence electrons. The van der Waals surface area contributed by atoms with E-state index in [0.29, 0.717) is 36.8 Å². The zero-order valence-corrected chi connectivity index (χ0v) is 19.1. The van der Waals surface area contributed by atoms with Crippen LogP contribution in [0, 0.1) is 5.82 Å². The fourth-order valence-electron chi connectivity index (χ4n) is 4.32. The number of aliphatic hydroxyl groups is 1. The second-order valence-electron chi connectivity index (χ2n) is 8.06. The van der Waals surface area contributed by atoms with Gasteiger partial charge >= 0.3 is 0 Å². The molecule has 0 aliphatic carbocycles. The largest absolute Gasteiger partial charge is 0.507 e. The maximum atomic E-state index is 13.5. The Morgan fingerprint density at radius 3 is 2.41 bits per heavy atom. The van der Waals surface area contributed by atoms with Gasteiger partial charge in [0.1, 0.15) is 23.1 Å². The molecule has 0 bridgehead atoms. The molecule has 0 aromatic heterocycles. The van der Waals surface area contributed by atoms with Crippen LogP contribution in [0.25, 0.3) is 5.76 Å². The molecule has 1 amide bonds. The van der Waals surface area contributed by atoms with Crippen molar-refractivity contribution in [3.63, 3.8) is 0 Å². The Kier molecular flexibility index (Phi) is 7.14. The van der Waals surface area contributed by atoms with E-state index in [2.05, 4.69) is 4.90 Å². The summed E-state index contributed by atoms with van der Waals surface area (Å²) in [6.07, 6.45) is 0. The number of amides is 1. The van der Waals surface area contributed by atoms with Crippen molar-refractivity contribution in [1.29, 1.82) is 0 Å². The molecular weight excluding hydrogens is 443 g/mol. The molecule has 4 rings (SSSR count). The number of methoxy groups -OCH3 is 2. The Morgan fingerprint density at radius 2 is 1.76 bits per heavy atom. The maximum absolute atomic E-state index is 13.5. The van der Waals surface area contributed by atoms with E-state index in [1.807, 2.05) is 0 Å². The molecule has 8 nitrogen and oxygen atoms in total. The van der Waals surface area contributed by atoms with Crippen LogP contribution in [-0.4, -0.2) is 80.2 Å². The summed E-state index contributed by atoms with van der Waals surface area (Å²) in [6, 6.07) is 9.29. The van der Waals surface area contributed by atoms with Crippen molar-refractivity contribution in [2.75, 3.05) is 53.6 Å². The van der Waals surface area contributed by atoms with Gasteiger partial charge < -0.3 is 24.2 Å². The first-order valence-corrected chi connectivity index (χ1v) is 11.0. The highest BCUT2D eigenvalue weighted by Gasteiger charge is 2.47. The smallest absolute Gasteiger partial charge is 0.295 e. The van der Waals surface area contributed by atoms with Crippen molar-refractivity contribution in [1.82, 2.24) is 9.80 Å². The number of Topliss-reactive ketones (excluding diaryl/α,β-unsaturated/α-hetero) is 1. The number of hydrogen-bond acceptors (Lipinski definition) is 7. The third-order valence-electron chi connectivity index (χ3n) is 6.15. The number of aliphatic hydroxyl groups excluding tert-OH is 1. The van der Waals surface area contributed by atoms with Gasteiger partial charge in [-0.3, -0.25) is 14.5 Å². The van der Waals surface area contributed by atoms with Crippen molar-refractivity contribution in [3.8, 4) is 11.5 Å². The number of ether oxygens (including phenoxy) is 3. The molecule has 2 aliphatic heterocycles. The van der Waals surface area contributed by atoms with Crippen LogP contribution in [0.5, 0.6) is 11.5 Å². The highest BCUT2D eigenvalue weighted by atomic mass is 19.1. The molecule has 0 unspecified atom stereocenters. The number of carbonyl (C=O) groups excluding carboxylic acids is 2. The lowest BCUT2D eigenvalue weighted by molar-refractivity contribution is -0.140. The lowest BCUT2D eigenvalue weighted by Crippen LogP contribution is -2.42. The summed E-state index contributed by atoms with van der Waals surface area (Å²) in [7, 11) is 3.00. The SMILES string of the molecule is COc1ccc(OC)c([C@H]2/C(=C(\O)c3ccc(F)cc3)C(=O)C(=O)N2CCN2CCOCC2)c1. The molecule has 2 saturated heterocycles. The van der Waals surface area contributed by atoms with Crippen LogP contribution in [0.2, 0.25) is 0 Å². The third kappa shape index (κ3) is 4.62. The average Bonchev–Trinajstić information content (AvgIpc) is 3.12. The molecule has 2 heterocycles. The summed E-state index contributed by atoms with van der Waals surface area (Å²) < 4.78 is 29.7. The van der Waals surface area contributed by atoms with E-state index >= 15 is 0 Å². The van der Waals surface area contributed by atoms with Gasteiger partial charge in [-0.15, -0.1) is 0 Å². The third-order valence-corrected chi connectivity index (χ3v) is 6.15. The first-order valence-electron chi connectivity index (χ1n) is 11.0. The Labute approximate surface area is 197 Å². The van der Waals surface area contributed by atoms with Crippen LogP contribution >= 0.6 is 0 Å². The second-order valence-corrected chi connectivity index (χ2v) is 8.06. The van der Waals surface area contributed by atoms with Gasteiger partial charge in [0.2, 0.25) is 0 Å². The minimum absolute atomic E-state index is 0.0786. The van der Waals surface area contributed by atoms with E-state index in [4.69, 9.17) is 14.2 Å². The normalized spacial score (nSPS) is 20.6. The number of likely N-dealkylation sites (tertiary alicyclic amines) is 1. The summed E-state index contributed by atoms with van der Waals surface area (Å²) in [5, 5.41) is 11.1. The standard InChI is InChI=1S/C25H27FN2O6/c1-32-18-7-8-20(33-2)19(15-18)22-21(23(29)16-3-5-17(26)6-4-16)24(30)25(31)28(22)10-9-27-11-13-34-14-12-27/h3-8,15,22,29H,9-14H2,1-2H3/b23-21+/t22-/m0/s1. The molecule has 2 aromatic rings.